The molecule has 0 radical (unpaired) electrons. The molecule has 2 heteroatoms. The lowest BCUT2D eigenvalue weighted by Gasteiger charge is -2.50. The van der Waals surface area contributed by atoms with Gasteiger partial charge in [-0.05, 0) is 6.92 Å². The first-order valence-electron chi connectivity index (χ1n) is 5.48. The molecule has 1 heterocycles. The van der Waals surface area contributed by atoms with Gasteiger partial charge in [-0.2, -0.15) is 5.26 Å². The highest BCUT2D eigenvalue weighted by Crippen LogP contribution is 2.37. The first-order valence-corrected chi connectivity index (χ1v) is 5.48. The van der Waals surface area contributed by atoms with E-state index in [1.165, 1.54) is 5.56 Å². The van der Waals surface area contributed by atoms with Crippen LogP contribution in [0, 0.1) is 11.3 Å². The third-order valence-electron chi connectivity index (χ3n) is 3.91. The summed E-state index contributed by atoms with van der Waals surface area (Å²) < 4.78 is 0.876. The van der Waals surface area contributed by atoms with Crippen molar-refractivity contribution in [2.24, 2.45) is 0 Å². The molecular weight excluding hydrogens is 184 g/mol. The summed E-state index contributed by atoms with van der Waals surface area (Å²) in [5.74, 6) is 0. The zero-order valence-electron chi connectivity index (χ0n) is 9.35. The minimum Gasteiger partial charge on any atom is -0.305 e. The number of hydrogen-bond donors (Lipinski definition) is 0. The van der Waals surface area contributed by atoms with Crippen LogP contribution in [0.15, 0.2) is 30.3 Å². The van der Waals surface area contributed by atoms with Crippen LogP contribution in [0.25, 0.3) is 0 Å². The van der Waals surface area contributed by atoms with Crippen molar-refractivity contribution < 1.29 is 4.48 Å². The fraction of sp³-hybridized carbons (Fsp3) is 0.462. The molecule has 0 bridgehead atoms. The predicted octanol–water partition coefficient (Wildman–Crippen LogP) is 2.49. The number of benzene rings is 1. The van der Waals surface area contributed by atoms with Gasteiger partial charge in [0.1, 0.15) is 12.1 Å². The number of likely N-dealkylation sites (tertiary alicyclic amines) is 1. The topological polar surface area (TPSA) is 23.8 Å². The van der Waals surface area contributed by atoms with Gasteiger partial charge in [-0.15, -0.1) is 0 Å². The minimum atomic E-state index is 0.181. The van der Waals surface area contributed by atoms with Crippen LogP contribution < -0.4 is 0 Å². The van der Waals surface area contributed by atoms with Crippen LogP contribution in [0.4, 0.5) is 0 Å². The van der Waals surface area contributed by atoms with E-state index in [4.69, 9.17) is 5.26 Å². The van der Waals surface area contributed by atoms with E-state index in [2.05, 4.69) is 44.3 Å². The summed E-state index contributed by atoms with van der Waals surface area (Å²) in [4.78, 5) is 0. The Bertz CT molecular complexity index is 379. The van der Waals surface area contributed by atoms with Gasteiger partial charge in [-0.3, -0.25) is 0 Å². The average molecular weight is 201 g/mol. The minimum absolute atomic E-state index is 0.181. The van der Waals surface area contributed by atoms with Crippen molar-refractivity contribution in [3.8, 4) is 6.07 Å². The number of quaternary nitrogens is 1. The summed E-state index contributed by atoms with van der Waals surface area (Å²) in [6.45, 7) is 3.34. The molecule has 2 rings (SSSR count). The molecular formula is C13H17N2+. The van der Waals surface area contributed by atoms with Crippen molar-refractivity contribution in [3.05, 3.63) is 35.9 Å². The third kappa shape index (κ3) is 1.53. The predicted molar refractivity (Wildman–Crippen MR) is 59.9 cm³/mol. The standard InChI is InChI=1S/C13H17N2/c1-11(12-6-4-3-5-7-12)15(2)9-8-13(15)10-14/h3-7,11,13H,8-9H2,1-2H3/q+1/t11-,13-,15-/m0/s1. The van der Waals surface area contributed by atoms with E-state index in [-0.39, 0.29) is 6.04 Å². The maximum absolute atomic E-state index is 9.05. The van der Waals surface area contributed by atoms with E-state index in [9.17, 15) is 0 Å². The molecule has 3 atom stereocenters. The second-order valence-corrected chi connectivity index (χ2v) is 4.59. The number of rotatable bonds is 2. The van der Waals surface area contributed by atoms with E-state index in [0.29, 0.717) is 6.04 Å². The van der Waals surface area contributed by atoms with Crippen LogP contribution in [0.3, 0.4) is 0 Å². The van der Waals surface area contributed by atoms with Gasteiger partial charge >= 0.3 is 0 Å². The lowest BCUT2D eigenvalue weighted by molar-refractivity contribution is -0.989. The van der Waals surface area contributed by atoms with Crippen LogP contribution in [-0.4, -0.2) is 24.1 Å². The van der Waals surface area contributed by atoms with Gasteiger partial charge in [0.05, 0.1) is 20.0 Å². The van der Waals surface area contributed by atoms with Crippen LogP contribution in [0.1, 0.15) is 24.9 Å². The summed E-state index contributed by atoms with van der Waals surface area (Å²) in [5, 5.41) is 9.05. The maximum Gasteiger partial charge on any atom is 0.182 e. The van der Waals surface area contributed by atoms with Crippen LogP contribution in [0.5, 0.6) is 0 Å². The SMILES string of the molecule is C[C@@H](c1ccccc1)[N@+]1(C)CC[C@H]1C#N. The lowest BCUT2D eigenvalue weighted by atomic mass is 9.93. The molecule has 1 saturated heterocycles. The Balaban J connectivity index is 2.22. The van der Waals surface area contributed by atoms with Gasteiger partial charge < -0.3 is 4.48 Å². The zero-order valence-corrected chi connectivity index (χ0v) is 9.35. The summed E-state index contributed by atoms with van der Waals surface area (Å²) in [7, 11) is 2.19. The van der Waals surface area contributed by atoms with Crippen molar-refractivity contribution in [1.82, 2.24) is 0 Å². The molecule has 78 valence electrons. The van der Waals surface area contributed by atoms with E-state index in [1.807, 2.05) is 6.07 Å². The van der Waals surface area contributed by atoms with Crippen molar-refractivity contribution in [2.45, 2.75) is 25.4 Å². The molecule has 0 saturated carbocycles. The molecule has 1 fully saturated rings. The maximum atomic E-state index is 9.05. The molecule has 0 aliphatic carbocycles. The number of hydrogen-bond acceptors (Lipinski definition) is 1. The van der Waals surface area contributed by atoms with Crippen LogP contribution in [0.2, 0.25) is 0 Å². The Morgan fingerprint density at radius 2 is 2.07 bits per heavy atom. The van der Waals surface area contributed by atoms with Gasteiger partial charge in [0, 0.05) is 5.56 Å². The molecule has 1 aromatic rings. The van der Waals surface area contributed by atoms with E-state index >= 15 is 0 Å². The highest BCUT2D eigenvalue weighted by Gasteiger charge is 2.46. The molecule has 1 aromatic carbocycles. The van der Waals surface area contributed by atoms with Gasteiger partial charge in [0.15, 0.2) is 6.04 Å². The van der Waals surface area contributed by atoms with Crippen molar-refractivity contribution in [3.63, 3.8) is 0 Å². The quantitative estimate of drug-likeness (QED) is 0.674. The molecule has 1 aliphatic heterocycles. The Kier molecular flexibility index (Phi) is 2.50. The van der Waals surface area contributed by atoms with Gasteiger partial charge in [-0.25, -0.2) is 0 Å². The normalized spacial score (nSPS) is 31.4. The molecule has 2 nitrogen and oxygen atoms in total. The Morgan fingerprint density at radius 1 is 1.40 bits per heavy atom. The summed E-state index contributed by atoms with van der Waals surface area (Å²) in [6, 6.07) is 13.5. The van der Waals surface area contributed by atoms with E-state index in [1.54, 1.807) is 0 Å². The Hall–Kier alpha value is -1.33. The van der Waals surface area contributed by atoms with Crippen molar-refractivity contribution in [2.75, 3.05) is 13.6 Å². The molecule has 1 aliphatic rings. The highest BCUT2D eigenvalue weighted by atomic mass is 15.4. The van der Waals surface area contributed by atoms with Crippen LogP contribution in [-0.2, 0) is 0 Å². The van der Waals surface area contributed by atoms with Crippen molar-refractivity contribution >= 4 is 0 Å². The first-order chi connectivity index (χ1) is 7.18. The molecule has 0 aromatic heterocycles. The summed E-state index contributed by atoms with van der Waals surface area (Å²) in [6.07, 6.45) is 1.05. The highest BCUT2D eigenvalue weighted by molar-refractivity contribution is 5.17. The Labute approximate surface area is 91.3 Å². The second-order valence-electron chi connectivity index (χ2n) is 4.59. The van der Waals surface area contributed by atoms with E-state index < -0.39 is 0 Å². The monoisotopic (exact) mass is 201 g/mol. The first kappa shape index (κ1) is 10.2. The third-order valence-corrected chi connectivity index (χ3v) is 3.91. The van der Waals surface area contributed by atoms with Crippen LogP contribution >= 0.6 is 0 Å². The lowest BCUT2D eigenvalue weighted by Crippen LogP contribution is -2.62. The summed E-state index contributed by atoms with van der Waals surface area (Å²) >= 11 is 0. The smallest absolute Gasteiger partial charge is 0.182 e. The van der Waals surface area contributed by atoms with E-state index in [0.717, 1.165) is 17.4 Å². The second kappa shape index (κ2) is 3.67. The zero-order chi connectivity index (χ0) is 10.9. The molecule has 0 N–H and O–H groups in total. The fourth-order valence-corrected chi connectivity index (χ4v) is 2.40. The van der Waals surface area contributed by atoms with Gasteiger partial charge in [0.2, 0.25) is 0 Å². The number of nitrogens with zero attached hydrogens (tertiary/aromatic N) is 2. The molecule has 0 amide bonds. The summed E-state index contributed by atoms with van der Waals surface area (Å²) in [5.41, 5.74) is 1.33. The van der Waals surface area contributed by atoms with Crippen molar-refractivity contribution in [1.29, 1.82) is 5.26 Å². The molecule has 0 spiro atoms. The van der Waals surface area contributed by atoms with Gasteiger partial charge in [-0.1, -0.05) is 30.3 Å². The van der Waals surface area contributed by atoms with Gasteiger partial charge in [0.25, 0.3) is 0 Å². The fourth-order valence-electron chi connectivity index (χ4n) is 2.40. The molecule has 15 heavy (non-hydrogen) atoms. The molecule has 0 unspecified atom stereocenters. The Morgan fingerprint density at radius 3 is 2.53 bits per heavy atom. The largest absolute Gasteiger partial charge is 0.305 e. The number of nitriles is 1. The average Bonchev–Trinajstić information content (AvgIpc) is 2.27.